The molecule has 2 aromatic rings. The smallest absolute Gasteiger partial charge is 0.287 e. The first-order valence-corrected chi connectivity index (χ1v) is 9.34. The molecule has 0 fully saturated rings. The molecule has 0 saturated heterocycles. The van der Waals surface area contributed by atoms with Crippen LogP contribution < -0.4 is 16.0 Å². The maximum atomic E-state index is 12.0. The van der Waals surface area contributed by atoms with Gasteiger partial charge in [-0.25, -0.2) is 0 Å². The van der Waals surface area contributed by atoms with E-state index in [0.717, 1.165) is 31.0 Å². The van der Waals surface area contributed by atoms with E-state index >= 15 is 0 Å². The molecule has 0 radical (unpaired) electrons. The highest BCUT2D eigenvalue weighted by molar-refractivity contribution is 5.92. The van der Waals surface area contributed by atoms with Gasteiger partial charge in [0.2, 0.25) is 0 Å². The highest BCUT2D eigenvalue weighted by atomic mass is 16.3. The molecule has 6 nitrogen and oxygen atoms in total. The minimum atomic E-state index is -0.174. The predicted octanol–water partition coefficient (Wildman–Crippen LogP) is 2.99. The molecule has 1 atom stereocenters. The Hall–Kier alpha value is -2.76. The van der Waals surface area contributed by atoms with Crippen molar-refractivity contribution in [3.05, 3.63) is 59.0 Å². The zero-order valence-electron chi connectivity index (χ0n) is 16.6. The lowest BCUT2D eigenvalue weighted by atomic mass is 9.99. The average Bonchev–Trinajstić information content (AvgIpc) is 3.09. The van der Waals surface area contributed by atoms with E-state index in [2.05, 4.69) is 59.1 Å². The summed E-state index contributed by atoms with van der Waals surface area (Å²) in [7, 11) is 1.76. The fourth-order valence-corrected chi connectivity index (χ4v) is 2.75. The Morgan fingerprint density at radius 1 is 1.15 bits per heavy atom. The molecule has 0 bridgehead atoms. The van der Waals surface area contributed by atoms with Crippen LogP contribution >= 0.6 is 0 Å². The van der Waals surface area contributed by atoms with Crippen molar-refractivity contribution < 1.29 is 9.21 Å². The van der Waals surface area contributed by atoms with Crippen LogP contribution in [0.4, 0.5) is 0 Å². The number of aliphatic imine (C=N–C) groups is 1. The number of furan rings is 1. The van der Waals surface area contributed by atoms with Crippen LogP contribution in [0.15, 0.2) is 46.0 Å². The lowest BCUT2D eigenvalue weighted by Gasteiger charge is -2.17. The zero-order valence-corrected chi connectivity index (χ0v) is 16.6. The topological polar surface area (TPSA) is 78.7 Å². The Balaban J connectivity index is 1.65. The minimum absolute atomic E-state index is 0.174. The SMILES string of the molecule is CN=C(NCCCNC(=O)c1occc1C)NCC(C)c1cccc(C)c1. The summed E-state index contributed by atoms with van der Waals surface area (Å²) in [5, 5.41) is 9.49. The summed E-state index contributed by atoms with van der Waals surface area (Å²) >= 11 is 0. The second-order valence-electron chi connectivity index (χ2n) is 6.74. The van der Waals surface area contributed by atoms with E-state index in [1.165, 1.54) is 17.4 Å². The van der Waals surface area contributed by atoms with Crippen LogP contribution in [0.3, 0.4) is 0 Å². The van der Waals surface area contributed by atoms with E-state index in [1.807, 2.05) is 6.92 Å². The molecule has 0 saturated carbocycles. The van der Waals surface area contributed by atoms with Crippen molar-refractivity contribution in [3.8, 4) is 0 Å². The maximum absolute atomic E-state index is 12.0. The van der Waals surface area contributed by atoms with Gasteiger partial charge in [0.15, 0.2) is 11.7 Å². The van der Waals surface area contributed by atoms with E-state index in [-0.39, 0.29) is 5.91 Å². The molecule has 2 rings (SSSR count). The van der Waals surface area contributed by atoms with Crippen molar-refractivity contribution in [1.29, 1.82) is 0 Å². The van der Waals surface area contributed by atoms with Crippen molar-refractivity contribution >= 4 is 11.9 Å². The van der Waals surface area contributed by atoms with Gasteiger partial charge >= 0.3 is 0 Å². The van der Waals surface area contributed by atoms with Gasteiger partial charge in [-0.2, -0.15) is 0 Å². The number of hydrogen-bond donors (Lipinski definition) is 3. The van der Waals surface area contributed by atoms with E-state index in [0.29, 0.717) is 18.2 Å². The molecule has 0 spiro atoms. The Kier molecular flexibility index (Phi) is 7.92. The lowest BCUT2D eigenvalue weighted by molar-refractivity contribution is 0.0925. The van der Waals surface area contributed by atoms with Crippen molar-refractivity contribution in [2.24, 2.45) is 4.99 Å². The van der Waals surface area contributed by atoms with E-state index < -0.39 is 0 Å². The first-order valence-electron chi connectivity index (χ1n) is 9.34. The standard InChI is InChI=1S/C21H30N4O2/c1-15-7-5-8-18(13-15)17(3)14-25-21(22-4)24-11-6-10-23-20(26)19-16(2)9-12-27-19/h5,7-9,12-13,17H,6,10-11,14H2,1-4H3,(H,23,26)(H2,22,24,25). The van der Waals surface area contributed by atoms with Crippen molar-refractivity contribution in [2.75, 3.05) is 26.7 Å². The Morgan fingerprint density at radius 3 is 2.59 bits per heavy atom. The van der Waals surface area contributed by atoms with E-state index in [4.69, 9.17) is 4.42 Å². The first-order chi connectivity index (χ1) is 13.0. The van der Waals surface area contributed by atoms with E-state index in [1.54, 1.807) is 13.1 Å². The first kappa shape index (κ1) is 20.6. The molecular weight excluding hydrogens is 340 g/mol. The molecule has 1 unspecified atom stereocenters. The highest BCUT2D eigenvalue weighted by Crippen LogP contribution is 2.15. The second-order valence-corrected chi connectivity index (χ2v) is 6.74. The fourth-order valence-electron chi connectivity index (χ4n) is 2.75. The van der Waals surface area contributed by atoms with Crippen LogP contribution in [-0.2, 0) is 0 Å². The number of hydrogen-bond acceptors (Lipinski definition) is 3. The molecule has 1 amide bonds. The van der Waals surface area contributed by atoms with Crippen molar-refractivity contribution in [2.45, 2.75) is 33.1 Å². The largest absolute Gasteiger partial charge is 0.459 e. The van der Waals surface area contributed by atoms with Gasteiger partial charge in [-0.05, 0) is 37.8 Å². The number of nitrogens with one attached hydrogen (secondary N) is 3. The summed E-state index contributed by atoms with van der Waals surface area (Å²) in [6, 6.07) is 10.3. The van der Waals surface area contributed by atoms with Gasteiger partial charge in [0.25, 0.3) is 5.91 Å². The molecule has 0 aliphatic rings. The molecule has 1 heterocycles. The number of guanidine groups is 1. The third kappa shape index (κ3) is 6.47. The number of benzene rings is 1. The van der Waals surface area contributed by atoms with Gasteiger partial charge in [0.1, 0.15) is 0 Å². The van der Waals surface area contributed by atoms with Crippen LogP contribution in [-0.4, -0.2) is 38.5 Å². The summed E-state index contributed by atoms with van der Waals surface area (Å²) in [4.78, 5) is 16.2. The van der Waals surface area contributed by atoms with Crippen LogP contribution in [0.5, 0.6) is 0 Å². The van der Waals surface area contributed by atoms with Gasteiger partial charge in [-0.3, -0.25) is 9.79 Å². The van der Waals surface area contributed by atoms with Crippen molar-refractivity contribution in [3.63, 3.8) is 0 Å². The van der Waals surface area contributed by atoms with Crippen LogP contribution in [0.2, 0.25) is 0 Å². The molecule has 27 heavy (non-hydrogen) atoms. The molecule has 6 heteroatoms. The summed E-state index contributed by atoms with van der Waals surface area (Å²) < 4.78 is 5.18. The lowest BCUT2D eigenvalue weighted by Crippen LogP contribution is -2.40. The summed E-state index contributed by atoms with van der Waals surface area (Å²) in [5.41, 5.74) is 3.43. The monoisotopic (exact) mass is 370 g/mol. The Bertz CT molecular complexity index is 767. The van der Waals surface area contributed by atoms with Crippen molar-refractivity contribution in [1.82, 2.24) is 16.0 Å². The van der Waals surface area contributed by atoms with Gasteiger partial charge in [0, 0.05) is 32.2 Å². The number of carbonyl (C=O) groups excluding carboxylic acids is 1. The fraction of sp³-hybridized carbons (Fsp3) is 0.429. The van der Waals surface area contributed by atoms with Crippen LogP contribution in [0.25, 0.3) is 0 Å². The normalized spacial score (nSPS) is 12.5. The van der Waals surface area contributed by atoms with Gasteiger partial charge in [-0.15, -0.1) is 0 Å². The molecule has 0 aliphatic carbocycles. The summed E-state index contributed by atoms with van der Waals surface area (Å²) in [5.74, 6) is 1.36. The number of nitrogens with zero attached hydrogens (tertiary/aromatic N) is 1. The number of carbonyl (C=O) groups is 1. The highest BCUT2D eigenvalue weighted by Gasteiger charge is 2.11. The molecule has 146 valence electrons. The summed E-state index contributed by atoms with van der Waals surface area (Å²) in [6.07, 6.45) is 2.32. The van der Waals surface area contributed by atoms with Gasteiger partial charge in [-0.1, -0.05) is 36.8 Å². The number of amides is 1. The molecule has 1 aromatic carbocycles. The minimum Gasteiger partial charge on any atom is -0.459 e. The van der Waals surface area contributed by atoms with E-state index in [9.17, 15) is 4.79 Å². The zero-order chi connectivity index (χ0) is 19.6. The van der Waals surface area contributed by atoms with Gasteiger partial charge in [0.05, 0.1) is 6.26 Å². The Labute approximate surface area is 161 Å². The van der Waals surface area contributed by atoms with Crippen LogP contribution in [0, 0.1) is 13.8 Å². The molecular formula is C21H30N4O2. The molecule has 0 aliphatic heterocycles. The third-order valence-corrected chi connectivity index (χ3v) is 4.41. The number of rotatable bonds is 8. The molecule has 3 N–H and O–H groups in total. The third-order valence-electron chi connectivity index (χ3n) is 4.41. The molecule has 1 aromatic heterocycles. The predicted molar refractivity (Wildman–Crippen MR) is 109 cm³/mol. The Morgan fingerprint density at radius 2 is 1.93 bits per heavy atom. The number of aryl methyl sites for hydroxylation is 2. The maximum Gasteiger partial charge on any atom is 0.287 e. The quantitative estimate of drug-likeness (QED) is 0.379. The van der Waals surface area contributed by atoms with Crippen LogP contribution in [0.1, 0.15) is 46.5 Å². The van der Waals surface area contributed by atoms with Gasteiger partial charge < -0.3 is 20.4 Å². The summed E-state index contributed by atoms with van der Waals surface area (Å²) in [6.45, 7) is 8.25. The second kappa shape index (κ2) is 10.4. The average molecular weight is 370 g/mol.